The van der Waals surface area contributed by atoms with E-state index in [1.54, 1.807) is 0 Å². The Bertz CT molecular complexity index is 374. The average molecular weight is 263 g/mol. The first-order valence-electron chi connectivity index (χ1n) is 7.89. The van der Waals surface area contributed by atoms with Crippen molar-refractivity contribution in [2.24, 2.45) is 17.8 Å². The van der Waals surface area contributed by atoms with Gasteiger partial charge in [0.25, 0.3) is 0 Å². The minimum Gasteiger partial charge on any atom is -0.465 e. The van der Waals surface area contributed by atoms with Gasteiger partial charge in [0.05, 0.1) is 6.04 Å². The first-order chi connectivity index (χ1) is 9.10. The quantitative estimate of drug-likeness (QED) is 0.833. The molecule has 1 heterocycles. The fraction of sp³-hybridized carbons (Fsp3) is 0.765. The van der Waals surface area contributed by atoms with E-state index in [1.165, 1.54) is 25.7 Å². The molecule has 1 fully saturated rings. The molecule has 0 radical (unpaired) electrons. The van der Waals surface area contributed by atoms with Crippen LogP contribution in [-0.4, -0.2) is 6.54 Å². The second-order valence-electron chi connectivity index (χ2n) is 6.56. The van der Waals surface area contributed by atoms with Crippen LogP contribution in [0.3, 0.4) is 0 Å². The van der Waals surface area contributed by atoms with Gasteiger partial charge in [-0.05, 0) is 69.0 Å². The van der Waals surface area contributed by atoms with Crippen LogP contribution in [0.5, 0.6) is 0 Å². The molecule has 2 rings (SSSR count). The number of hydrogen-bond acceptors (Lipinski definition) is 2. The molecular formula is C17H29NO. The molecule has 0 spiro atoms. The van der Waals surface area contributed by atoms with Crippen LogP contribution in [-0.2, 0) is 0 Å². The lowest BCUT2D eigenvalue weighted by Crippen LogP contribution is -2.33. The van der Waals surface area contributed by atoms with Gasteiger partial charge in [0.2, 0.25) is 0 Å². The summed E-state index contributed by atoms with van der Waals surface area (Å²) >= 11 is 0. The third-order valence-electron chi connectivity index (χ3n) is 4.37. The molecule has 1 N–H and O–H groups in total. The number of rotatable bonds is 5. The minimum absolute atomic E-state index is 0.402. The summed E-state index contributed by atoms with van der Waals surface area (Å²) in [6, 6.07) is 4.65. The predicted molar refractivity (Wildman–Crippen MR) is 80.1 cm³/mol. The van der Waals surface area contributed by atoms with Crippen molar-refractivity contribution >= 4 is 0 Å². The molecule has 0 aliphatic heterocycles. The number of furan rings is 1. The smallest absolute Gasteiger partial charge is 0.121 e. The molecule has 3 atom stereocenters. The Kier molecular flexibility index (Phi) is 5.09. The Balaban J connectivity index is 2.12. The maximum Gasteiger partial charge on any atom is 0.121 e. The Morgan fingerprint density at radius 3 is 2.42 bits per heavy atom. The van der Waals surface area contributed by atoms with E-state index >= 15 is 0 Å². The zero-order valence-corrected chi connectivity index (χ0v) is 12.9. The summed E-state index contributed by atoms with van der Waals surface area (Å²) in [6.45, 7) is 10.1. The third kappa shape index (κ3) is 3.85. The fourth-order valence-corrected chi connectivity index (χ4v) is 3.70. The zero-order valence-electron chi connectivity index (χ0n) is 12.9. The van der Waals surface area contributed by atoms with Gasteiger partial charge in [0.1, 0.15) is 11.5 Å². The van der Waals surface area contributed by atoms with Gasteiger partial charge in [0, 0.05) is 0 Å². The topological polar surface area (TPSA) is 25.2 Å². The Hall–Kier alpha value is -0.760. The van der Waals surface area contributed by atoms with E-state index in [2.05, 4.69) is 38.2 Å². The molecule has 3 unspecified atom stereocenters. The van der Waals surface area contributed by atoms with Crippen LogP contribution in [0.1, 0.15) is 64.0 Å². The monoisotopic (exact) mass is 263 g/mol. The van der Waals surface area contributed by atoms with Gasteiger partial charge in [-0.3, -0.25) is 0 Å². The van der Waals surface area contributed by atoms with Crippen molar-refractivity contribution in [2.75, 3.05) is 6.54 Å². The van der Waals surface area contributed by atoms with E-state index in [9.17, 15) is 0 Å². The molecular weight excluding hydrogens is 234 g/mol. The summed E-state index contributed by atoms with van der Waals surface area (Å²) < 4.78 is 5.90. The highest BCUT2D eigenvalue weighted by Crippen LogP contribution is 2.40. The SMILES string of the molecule is CCCNC(c1ccc(C)o1)C1CC(C)CC(C)C1. The first kappa shape index (κ1) is 14.6. The van der Waals surface area contributed by atoms with E-state index in [0.29, 0.717) is 6.04 Å². The molecule has 0 bridgehead atoms. The fourth-order valence-electron chi connectivity index (χ4n) is 3.70. The standard InChI is InChI=1S/C17H29NO/c1-5-8-18-17(16-7-6-14(4)19-16)15-10-12(2)9-13(3)11-15/h6-7,12-13,15,17-18H,5,8-11H2,1-4H3. The average Bonchev–Trinajstić information content (AvgIpc) is 2.75. The molecule has 2 heteroatoms. The van der Waals surface area contributed by atoms with Crippen LogP contribution in [0.25, 0.3) is 0 Å². The predicted octanol–water partition coefficient (Wildman–Crippen LogP) is 4.70. The minimum atomic E-state index is 0.402. The van der Waals surface area contributed by atoms with Crippen molar-refractivity contribution in [1.29, 1.82) is 0 Å². The maximum atomic E-state index is 5.90. The molecule has 1 aliphatic rings. The van der Waals surface area contributed by atoms with Crippen molar-refractivity contribution in [3.8, 4) is 0 Å². The van der Waals surface area contributed by atoms with Crippen molar-refractivity contribution in [2.45, 2.75) is 59.4 Å². The molecule has 19 heavy (non-hydrogen) atoms. The zero-order chi connectivity index (χ0) is 13.8. The van der Waals surface area contributed by atoms with Crippen LogP contribution < -0.4 is 5.32 Å². The second kappa shape index (κ2) is 6.60. The van der Waals surface area contributed by atoms with Gasteiger partial charge in [-0.15, -0.1) is 0 Å². The van der Waals surface area contributed by atoms with Crippen LogP contribution in [0, 0.1) is 24.7 Å². The lowest BCUT2D eigenvalue weighted by molar-refractivity contribution is 0.164. The molecule has 1 aliphatic carbocycles. The molecule has 1 aromatic rings. The van der Waals surface area contributed by atoms with Gasteiger partial charge < -0.3 is 9.73 Å². The molecule has 0 aromatic carbocycles. The molecule has 2 nitrogen and oxygen atoms in total. The Morgan fingerprint density at radius 2 is 1.89 bits per heavy atom. The Labute approximate surface area is 118 Å². The number of nitrogens with one attached hydrogen (secondary N) is 1. The van der Waals surface area contributed by atoms with E-state index < -0.39 is 0 Å². The first-order valence-corrected chi connectivity index (χ1v) is 7.89. The highest BCUT2D eigenvalue weighted by Gasteiger charge is 2.32. The third-order valence-corrected chi connectivity index (χ3v) is 4.37. The summed E-state index contributed by atoms with van der Waals surface area (Å²) in [5.74, 6) is 4.56. The summed E-state index contributed by atoms with van der Waals surface area (Å²) in [7, 11) is 0. The van der Waals surface area contributed by atoms with Gasteiger partial charge in [-0.1, -0.05) is 20.8 Å². The normalized spacial score (nSPS) is 29.4. The summed E-state index contributed by atoms with van der Waals surface area (Å²) in [5.41, 5.74) is 0. The Morgan fingerprint density at radius 1 is 1.21 bits per heavy atom. The maximum absolute atomic E-state index is 5.90. The van der Waals surface area contributed by atoms with Crippen LogP contribution >= 0.6 is 0 Å². The molecule has 108 valence electrons. The van der Waals surface area contributed by atoms with Crippen molar-refractivity contribution < 1.29 is 4.42 Å². The summed E-state index contributed by atoms with van der Waals surface area (Å²) in [5, 5.41) is 3.72. The van der Waals surface area contributed by atoms with Gasteiger partial charge in [0.15, 0.2) is 0 Å². The van der Waals surface area contributed by atoms with E-state index in [0.717, 1.165) is 35.8 Å². The lowest BCUT2D eigenvalue weighted by Gasteiger charge is -2.36. The van der Waals surface area contributed by atoms with Crippen molar-refractivity contribution in [3.63, 3.8) is 0 Å². The molecule has 1 aromatic heterocycles. The second-order valence-corrected chi connectivity index (χ2v) is 6.56. The van der Waals surface area contributed by atoms with Gasteiger partial charge >= 0.3 is 0 Å². The largest absolute Gasteiger partial charge is 0.465 e. The van der Waals surface area contributed by atoms with Crippen molar-refractivity contribution in [3.05, 3.63) is 23.7 Å². The number of hydrogen-bond donors (Lipinski definition) is 1. The molecule has 1 saturated carbocycles. The van der Waals surface area contributed by atoms with Crippen LogP contribution in [0.2, 0.25) is 0 Å². The highest BCUT2D eigenvalue weighted by molar-refractivity contribution is 5.11. The van der Waals surface area contributed by atoms with Crippen LogP contribution in [0.4, 0.5) is 0 Å². The lowest BCUT2D eigenvalue weighted by atomic mass is 9.73. The number of aryl methyl sites for hydroxylation is 1. The van der Waals surface area contributed by atoms with Crippen molar-refractivity contribution in [1.82, 2.24) is 5.32 Å². The van der Waals surface area contributed by atoms with E-state index in [-0.39, 0.29) is 0 Å². The van der Waals surface area contributed by atoms with Gasteiger partial charge in [-0.25, -0.2) is 0 Å². The summed E-state index contributed by atoms with van der Waals surface area (Å²) in [4.78, 5) is 0. The van der Waals surface area contributed by atoms with E-state index in [1.807, 2.05) is 6.92 Å². The molecule has 0 saturated heterocycles. The molecule has 0 amide bonds. The van der Waals surface area contributed by atoms with Crippen LogP contribution in [0.15, 0.2) is 16.5 Å². The summed E-state index contributed by atoms with van der Waals surface area (Å²) in [6.07, 6.45) is 5.21. The highest BCUT2D eigenvalue weighted by atomic mass is 16.3. The van der Waals surface area contributed by atoms with E-state index in [4.69, 9.17) is 4.42 Å². The van der Waals surface area contributed by atoms with Gasteiger partial charge in [-0.2, -0.15) is 0 Å².